The second kappa shape index (κ2) is 8.27. The van der Waals surface area contributed by atoms with Gasteiger partial charge in [-0.05, 0) is 43.2 Å². The molecule has 2 aromatic rings. The van der Waals surface area contributed by atoms with Crippen LogP contribution in [-0.2, 0) is 11.3 Å². The molecule has 2 rings (SSSR count). The Morgan fingerprint density at radius 2 is 1.92 bits per heavy atom. The molecule has 0 saturated carbocycles. The van der Waals surface area contributed by atoms with Gasteiger partial charge in [-0.2, -0.15) is 5.26 Å². The van der Waals surface area contributed by atoms with Crippen molar-refractivity contribution in [1.29, 1.82) is 5.26 Å². The van der Waals surface area contributed by atoms with E-state index in [0.717, 1.165) is 11.1 Å². The van der Waals surface area contributed by atoms with Crippen LogP contribution in [-0.4, -0.2) is 28.1 Å². The Labute approximate surface area is 148 Å². The lowest BCUT2D eigenvalue weighted by atomic mass is 10.1. The van der Waals surface area contributed by atoms with Crippen LogP contribution >= 0.6 is 0 Å². The molecule has 0 aliphatic carbocycles. The maximum Gasteiger partial charge on any atom is 0.246 e. The molecule has 0 unspecified atom stereocenters. The molecule has 0 atom stereocenters. The number of carbonyl (C=O) groups is 1. The van der Waals surface area contributed by atoms with E-state index in [2.05, 4.69) is 6.07 Å². The van der Waals surface area contributed by atoms with E-state index in [-0.39, 0.29) is 12.5 Å². The van der Waals surface area contributed by atoms with E-state index in [1.54, 1.807) is 43.0 Å². The standard InChI is InChI=1S/C21H22N2O2/c1-21(2,25)16-23(15-18-7-4-3-5-8-18)20(24)12-11-17-9-6-10-19(13-17)14-22/h3-13,25H,15-16H2,1-2H3/b12-11+. The molecular weight excluding hydrogens is 312 g/mol. The minimum absolute atomic E-state index is 0.187. The number of rotatable bonds is 6. The van der Waals surface area contributed by atoms with Crippen molar-refractivity contribution < 1.29 is 9.90 Å². The Balaban J connectivity index is 2.16. The van der Waals surface area contributed by atoms with Crippen LogP contribution in [0.25, 0.3) is 6.08 Å². The number of hydrogen-bond acceptors (Lipinski definition) is 3. The van der Waals surface area contributed by atoms with E-state index in [4.69, 9.17) is 5.26 Å². The zero-order chi connectivity index (χ0) is 18.3. The summed E-state index contributed by atoms with van der Waals surface area (Å²) >= 11 is 0. The summed E-state index contributed by atoms with van der Waals surface area (Å²) < 4.78 is 0. The average molecular weight is 334 g/mol. The van der Waals surface area contributed by atoms with E-state index in [9.17, 15) is 9.90 Å². The Kier molecular flexibility index (Phi) is 6.10. The lowest BCUT2D eigenvalue weighted by Gasteiger charge is -2.28. The summed E-state index contributed by atoms with van der Waals surface area (Å²) in [5, 5.41) is 19.1. The molecule has 0 radical (unpaired) electrons. The number of nitriles is 1. The number of hydrogen-bond donors (Lipinski definition) is 1. The van der Waals surface area contributed by atoms with Crippen LogP contribution < -0.4 is 0 Å². The molecule has 2 aromatic carbocycles. The van der Waals surface area contributed by atoms with Gasteiger partial charge < -0.3 is 10.0 Å². The number of nitrogens with zero attached hydrogens (tertiary/aromatic N) is 2. The van der Waals surface area contributed by atoms with Crippen LogP contribution in [0.15, 0.2) is 60.7 Å². The van der Waals surface area contributed by atoms with Gasteiger partial charge in [-0.25, -0.2) is 0 Å². The maximum atomic E-state index is 12.6. The monoisotopic (exact) mass is 334 g/mol. The smallest absolute Gasteiger partial charge is 0.246 e. The molecule has 1 N–H and O–H groups in total. The first-order valence-electron chi connectivity index (χ1n) is 8.11. The molecule has 0 aliphatic rings. The van der Waals surface area contributed by atoms with Crippen molar-refractivity contribution in [2.24, 2.45) is 0 Å². The van der Waals surface area contributed by atoms with Crippen molar-refractivity contribution in [3.05, 3.63) is 77.4 Å². The van der Waals surface area contributed by atoms with E-state index >= 15 is 0 Å². The largest absolute Gasteiger partial charge is 0.389 e. The van der Waals surface area contributed by atoms with Crippen LogP contribution in [0.1, 0.15) is 30.5 Å². The second-order valence-electron chi connectivity index (χ2n) is 6.56. The SMILES string of the molecule is CC(C)(O)CN(Cc1ccccc1)C(=O)/C=C/c1cccc(C#N)c1. The molecule has 0 heterocycles. The van der Waals surface area contributed by atoms with Gasteiger partial charge in [-0.1, -0.05) is 42.5 Å². The molecule has 0 saturated heterocycles. The zero-order valence-electron chi connectivity index (χ0n) is 14.5. The minimum Gasteiger partial charge on any atom is -0.389 e. The number of carbonyl (C=O) groups excluding carboxylic acids is 1. The van der Waals surface area contributed by atoms with Crippen LogP contribution in [0, 0.1) is 11.3 Å². The van der Waals surface area contributed by atoms with Crippen molar-refractivity contribution in [3.8, 4) is 6.07 Å². The second-order valence-corrected chi connectivity index (χ2v) is 6.56. The fourth-order valence-electron chi connectivity index (χ4n) is 2.47. The molecule has 128 valence electrons. The molecule has 0 spiro atoms. The third-order valence-corrected chi connectivity index (χ3v) is 3.54. The average Bonchev–Trinajstić information content (AvgIpc) is 2.59. The molecule has 0 bridgehead atoms. The van der Waals surface area contributed by atoms with Crippen LogP contribution in [0.5, 0.6) is 0 Å². The van der Waals surface area contributed by atoms with E-state index in [0.29, 0.717) is 12.1 Å². The highest BCUT2D eigenvalue weighted by Gasteiger charge is 2.21. The van der Waals surface area contributed by atoms with Crippen LogP contribution in [0.4, 0.5) is 0 Å². The summed E-state index contributed by atoms with van der Waals surface area (Å²) in [4.78, 5) is 14.2. The first-order valence-corrected chi connectivity index (χ1v) is 8.11. The van der Waals surface area contributed by atoms with Crippen molar-refractivity contribution in [1.82, 2.24) is 4.90 Å². The third-order valence-electron chi connectivity index (χ3n) is 3.54. The number of amides is 1. The molecular formula is C21H22N2O2. The molecule has 0 aromatic heterocycles. The van der Waals surface area contributed by atoms with E-state index < -0.39 is 5.60 Å². The van der Waals surface area contributed by atoms with Gasteiger partial charge in [0.15, 0.2) is 0 Å². The van der Waals surface area contributed by atoms with Gasteiger partial charge in [0.05, 0.1) is 17.2 Å². The van der Waals surface area contributed by atoms with Crippen molar-refractivity contribution in [2.75, 3.05) is 6.54 Å². The first-order chi connectivity index (χ1) is 11.9. The van der Waals surface area contributed by atoms with Gasteiger partial charge in [0.2, 0.25) is 5.91 Å². The number of benzene rings is 2. The van der Waals surface area contributed by atoms with Gasteiger partial charge in [-0.3, -0.25) is 4.79 Å². The van der Waals surface area contributed by atoms with Gasteiger partial charge >= 0.3 is 0 Å². The summed E-state index contributed by atoms with van der Waals surface area (Å²) in [5.41, 5.74) is 1.35. The summed E-state index contributed by atoms with van der Waals surface area (Å²) in [6, 6.07) is 18.8. The minimum atomic E-state index is -0.987. The molecule has 1 amide bonds. The summed E-state index contributed by atoms with van der Waals surface area (Å²) in [7, 11) is 0. The fourth-order valence-corrected chi connectivity index (χ4v) is 2.47. The maximum absolute atomic E-state index is 12.6. The van der Waals surface area contributed by atoms with Gasteiger partial charge in [0.25, 0.3) is 0 Å². The Morgan fingerprint density at radius 3 is 2.56 bits per heavy atom. The molecule has 25 heavy (non-hydrogen) atoms. The topological polar surface area (TPSA) is 64.3 Å². The zero-order valence-corrected chi connectivity index (χ0v) is 14.5. The van der Waals surface area contributed by atoms with Crippen molar-refractivity contribution in [2.45, 2.75) is 26.0 Å². The molecule has 0 aliphatic heterocycles. The Morgan fingerprint density at radius 1 is 1.20 bits per heavy atom. The molecule has 0 fully saturated rings. The summed E-state index contributed by atoms with van der Waals surface area (Å²) in [5.74, 6) is -0.187. The highest BCUT2D eigenvalue weighted by Crippen LogP contribution is 2.12. The highest BCUT2D eigenvalue weighted by molar-refractivity contribution is 5.91. The highest BCUT2D eigenvalue weighted by atomic mass is 16.3. The predicted molar refractivity (Wildman–Crippen MR) is 98.3 cm³/mol. The van der Waals surface area contributed by atoms with Crippen molar-refractivity contribution in [3.63, 3.8) is 0 Å². The summed E-state index contributed by atoms with van der Waals surface area (Å²) in [6.07, 6.45) is 3.16. The predicted octanol–water partition coefficient (Wildman–Crippen LogP) is 3.37. The van der Waals surface area contributed by atoms with Gasteiger partial charge in [0, 0.05) is 19.2 Å². The van der Waals surface area contributed by atoms with Crippen LogP contribution in [0.3, 0.4) is 0 Å². The first kappa shape index (κ1) is 18.4. The Hall–Kier alpha value is -2.90. The normalized spacial score (nSPS) is 11.3. The van der Waals surface area contributed by atoms with E-state index in [1.165, 1.54) is 6.08 Å². The fraction of sp³-hybridized carbons (Fsp3) is 0.238. The lowest BCUT2D eigenvalue weighted by molar-refractivity contribution is -0.129. The van der Waals surface area contributed by atoms with Gasteiger partial charge in [0.1, 0.15) is 0 Å². The van der Waals surface area contributed by atoms with Crippen LogP contribution in [0.2, 0.25) is 0 Å². The van der Waals surface area contributed by atoms with Gasteiger partial charge in [-0.15, -0.1) is 0 Å². The van der Waals surface area contributed by atoms with E-state index in [1.807, 2.05) is 36.4 Å². The molecule has 4 heteroatoms. The third kappa shape index (κ3) is 6.25. The quantitative estimate of drug-likeness (QED) is 0.824. The Bertz CT molecular complexity index is 784. The lowest BCUT2D eigenvalue weighted by Crippen LogP contribution is -2.41. The van der Waals surface area contributed by atoms with Crippen molar-refractivity contribution >= 4 is 12.0 Å². The summed E-state index contributed by atoms with van der Waals surface area (Å²) in [6.45, 7) is 4.01. The number of aliphatic hydroxyl groups is 1. The molecule has 4 nitrogen and oxygen atoms in total.